The minimum atomic E-state index is -0.746. The Morgan fingerprint density at radius 1 is 0.523 bits per heavy atom. The predicted molar refractivity (Wildman–Crippen MR) is 197 cm³/mol. The van der Waals surface area contributed by atoms with Crippen LogP contribution in [-0.2, 0) is 4.79 Å². The number of unbranched alkanes of at least 4 members (excludes halogenated alkanes) is 18. The number of aliphatic carboxylic acids is 1. The molecule has 0 unspecified atom stereocenters. The van der Waals surface area contributed by atoms with Crippen LogP contribution in [0.2, 0.25) is 0 Å². The van der Waals surface area contributed by atoms with Crippen molar-refractivity contribution in [2.45, 2.75) is 187 Å². The molecule has 1 N–H and O–H groups in total. The highest BCUT2D eigenvalue weighted by molar-refractivity contribution is 5.99. The van der Waals surface area contributed by atoms with E-state index in [9.17, 15) is 9.90 Å². The number of carbonyl (C=O) groups is 1. The van der Waals surface area contributed by atoms with Gasteiger partial charge >= 0.3 is 5.97 Å². The molecular weight excluding hydrogens is 538 g/mol. The average Bonchev–Trinajstić information content (AvgIpc) is 3.02. The van der Waals surface area contributed by atoms with Crippen molar-refractivity contribution in [1.29, 1.82) is 0 Å². The first-order valence-corrected chi connectivity index (χ1v) is 18.9. The molecule has 0 aliphatic heterocycles. The van der Waals surface area contributed by atoms with Gasteiger partial charge in [0.1, 0.15) is 0 Å². The molecule has 0 amide bonds. The summed E-state index contributed by atoms with van der Waals surface area (Å²) in [6.45, 7) is 4.51. The molecule has 0 heterocycles. The first kappa shape index (κ1) is 42.1. The standard InChI is InChI=1S/C41H73NO2/c1-4-6-8-10-12-14-16-18-20-22-24-26-28-30-32-34-36-39(40(42-3)38-41(43)44)37-35-33-31-29-27-25-23-21-19-17-15-13-11-9-7-5-2/h12-15,18-21,39H,4-11,16-17,22-38H2,1-3H3,(H,43,44)/b14-12-,15-13-,20-18-,21-19-,42-40?. The Hall–Kier alpha value is -1.90. The third kappa shape index (κ3) is 31.5. The maximum atomic E-state index is 11.4. The van der Waals surface area contributed by atoms with Crippen LogP contribution in [0.5, 0.6) is 0 Å². The van der Waals surface area contributed by atoms with E-state index in [2.05, 4.69) is 67.4 Å². The van der Waals surface area contributed by atoms with Crippen molar-refractivity contribution in [2.24, 2.45) is 10.9 Å². The largest absolute Gasteiger partial charge is 0.481 e. The van der Waals surface area contributed by atoms with Crippen LogP contribution < -0.4 is 0 Å². The molecule has 0 bridgehead atoms. The zero-order valence-corrected chi connectivity index (χ0v) is 29.6. The molecule has 3 nitrogen and oxygen atoms in total. The van der Waals surface area contributed by atoms with Gasteiger partial charge in [-0.1, -0.05) is 152 Å². The van der Waals surface area contributed by atoms with Gasteiger partial charge in [-0.05, 0) is 83.0 Å². The summed E-state index contributed by atoms with van der Waals surface area (Å²) >= 11 is 0. The van der Waals surface area contributed by atoms with Crippen molar-refractivity contribution in [3.63, 3.8) is 0 Å². The summed E-state index contributed by atoms with van der Waals surface area (Å²) in [6, 6.07) is 0. The first-order chi connectivity index (χ1) is 21.7. The summed E-state index contributed by atoms with van der Waals surface area (Å²) in [4.78, 5) is 15.8. The summed E-state index contributed by atoms with van der Waals surface area (Å²) in [7, 11) is 1.78. The normalized spacial score (nSPS) is 12.8. The van der Waals surface area contributed by atoms with Crippen LogP contribution in [0.25, 0.3) is 0 Å². The molecule has 0 saturated heterocycles. The van der Waals surface area contributed by atoms with Gasteiger partial charge in [0.15, 0.2) is 0 Å². The molecule has 0 aromatic heterocycles. The van der Waals surface area contributed by atoms with E-state index in [-0.39, 0.29) is 6.42 Å². The monoisotopic (exact) mass is 612 g/mol. The van der Waals surface area contributed by atoms with E-state index >= 15 is 0 Å². The van der Waals surface area contributed by atoms with Gasteiger partial charge in [0.05, 0.1) is 6.42 Å². The summed E-state index contributed by atoms with van der Waals surface area (Å²) < 4.78 is 0. The SMILES string of the molecule is CCCCC/C=C\C/C=C\CCCCCCCCC(CCCCCCCC/C=C\C/C=C\CCCCC)C(CC(=O)O)=NC. The molecule has 0 aliphatic rings. The zero-order valence-electron chi connectivity index (χ0n) is 29.6. The summed E-state index contributed by atoms with van der Waals surface area (Å²) in [6.07, 6.45) is 51.1. The van der Waals surface area contributed by atoms with Crippen LogP contribution in [0.15, 0.2) is 53.6 Å². The zero-order chi connectivity index (χ0) is 32.2. The molecule has 44 heavy (non-hydrogen) atoms. The lowest BCUT2D eigenvalue weighted by Crippen LogP contribution is -2.19. The van der Waals surface area contributed by atoms with Crippen molar-refractivity contribution in [1.82, 2.24) is 0 Å². The second-order valence-corrected chi connectivity index (χ2v) is 12.7. The highest BCUT2D eigenvalue weighted by Gasteiger charge is 2.17. The fraction of sp³-hybridized carbons (Fsp3) is 0.756. The Kier molecular flexibility index (Phi) is 34.0. The van der Waals surface area contributed by atoms with E-state index in [1.165, 1.54) is 141 Å². The molecule has 0 atom stereocenters. The van der Waals surface area contributed by atoms with Crippen LogP contribution in [0.4, 0.5) is 0 Å². The van der Waals surface area contributed by atoms with Crippen LogP contribution in [-0.4, -0.2) is 23.8 Å². The third-order valence-electron chi connectivity index (χ3n) is 8.60. The predicted octanol–water partition coefficient (Wildman–Crippen LogP) is 13.6. The van der Waals surface area contributed by atoms with Crippen molar-refractivity contribution in [3.05, 3.63) is 48.6 Å². The van der Waals surface area contributed by atoms with E-state index in [0.717, 1.165) is 31.4 Å². The van der Waals surface area contributed by atoms with Crippen LogP contribution in [0.1, 0.15) is 187 Å². The second kappa shape index (κ2) is 35.6. The molecule has 0 spiro atoms. The van der Waals surface area contributed by atoms with E-state index in [1.807, 2.05) is 0 Å². The van der Waals surface area contributed by atoms with Crippen molar-refractivity contribution in [3.8, 4) is 0 Å². The highest BCUT2D eigenvalue weighted by Crippen LogP contribution is 2.22. The lowest BCUT2D eigenvalue weighted by atomic mass is 9.88. The second-order valence-electron chi connectivity index (χ2n) is 12.7. The fourth-order valence-corrected chi connectivity index (χ4v) is 5.80. The topological polar surface area (TPSA) is 49.7 Å². The van der Waals surface area contributed by atoms with E-state index < -0.39 is 5.97 Å². The smallest absolute Gasteiger partial charge is 0.309 e. The van der Waals surface area contributed by atoms with Gasteiger partial charge in [-0.15, -0.1) is 0 Å². The first-order valence-electron chi connectivity index (χ1n) is 18.9. The summed E-state index contributed by atoms with van der Waals surface area (Å²) in [5.74, 6) is -0.405. The Labute approximate surface area is 274 Å². The average molecular weight is 612 g/mol. The molecular formula is C41H73NO2. The van der Waals surface area contributed by atoms with Crippen molar-refractivity contribution >= 4 is 11.7 Å². The van der Waals surface area contributed by atoms with Gasteiger partial charge in [-0.25, -0.2) is 0 Å². The van der Waals surface area contributed by atoms with Gasteiger partial charge in [0.25, 0.3) is 0 Å². The van der Waals surface area contributed by atoms with Gasteiger partial charge in [-0.2, -0.15) is 0 Å². The number of allylic oxidation sites excluding steroid dienone is 8. The van der Waals surface area contributed by atoms with E-state index in [1.54, 1.807) is 7.05 Å². The molecule has 0 aromatic carbocycles. The lowest BCUT2D eigenvalue weighted by Gasteiger charge is -2.18. The molecule has 0 rings (SSSR count). The maximum Gasteiger partial charge on any atom is 0.309 e. The summed E-state index contributed by atoms with van der Waals surface area (Å²) in [5.41, 5.74) is 0.905. The number of rotatable bonds is 33. The quantitative estimate of drug-likeness (QED) is 0.0456. The molecule has 0 saturated carbocycles. The molecule has 0 fully saturated rings. The Balaban J connectivity index is 3.97. The number of carboxylic acid groups (broad SMARTS) is 1. The van der Waals surface area contributed by atoms with Gasteiger partial charge in [0.2, 0.25) is 0 Å². The summed E-state index contributed by atoms with van der Waals surface area (Å²) in [5, 5.41) is 9.39. The van der Waals surface area contributed by atoms with Gasteiger partial charge in [-0.3, -0.25) is 9.79 Å². The van der Waals surface area contributed by atoms with E-state index in [4.69, 9.17) is 0 Å². The minimum Gasteiger partial charge on any atom is -0.481 e. The molecule has 0 aromatic rings. The molecule has 0 aliphatic carbocycles. The number of aliphatic imine (C=N–C) groups is 1. The molecule has 0 radical (unpaired) electrons. The molecule has 254 valence electrons. The fourth-order valence-electron chi connectivity index (χ4n) is 5.80. The minimum absolute atomic E-state index is 0.103. The van der Waals surface area contributed by atoms with Crippen molar-refractivity contribution in [2.75, 3.05) is 7.05 Å². The maximum absolute atomic E-state index is 11.4. The van der Waals surface area contributed by atoms with Crippen molar-refractivity contribution < 1.29 is 9.90 Å². The highest BCUT2D eigenvalue weighted by atomic mass is 16.4. The number of nitrogens with zero attached hydrogens (tertiary/aromatic N) is 1. The van der Waals surface area contributed by atoms with Crippen LogP contribution >= 0.6 is 0 Å². The Morgan fingerprint density at radius 3 is 1.20 bits per heavy atom. The number of hydrogen-bond donors (Lipinski definition) is 1. The van der Waals surface area contributed by atoms with Gasteiger partial charge < -0.3 is 5.11 Å². The lowest BCUT2D eigenvalue weighted by molar-refractivity contribution is -0.135. The number of carboxylic acids is 1. The van der Waals surface area contributed by atoms with E-state index in [0.29, 0.717) is 5.92 Å². The Bertz CT molecular complexity index is 713. The van der Waals surface area contributed by atoms with Gasteiger partial charge in [0, 0.05) is 12.8 Å². The van der Waals surface area contributed by atoms with Crippen LogP contribution in [0.3, 0.4) is 0 Å². The Morgan fingerprint density at radius 2 is 0.864 bits per heavy atom. The van der Waals surface area contributed by atoms with Crippen LogP contribution in [0, 0.1) is 5.92 Å². The molecule has 3 heteroatoms. The third-order valence-corrected chi connectivity index (χ3v) is 8.60. The number of hydrogen-bond acceptors (Lipinski definition) is 2.